The Hall–Kier alpha value is -6.24. The molecule has 1 fully saturated rings. The van der Waals surface area contributed by atoms with Crippen LogP contribution < -0.4 is 9.64 Å². The molecule has 262 valence electrons. The molecule has 0 amide bonds. The molecule has 0 bridgehead atoms. The summed E-state index contributed by atoms with van der Waals surface area (Å²) in [6.07, 6.45) is 4.17. The Morgan fingerprint density at radius 1 is 0.630 bits per heavy atom. The quantitative estimate of drug-likeness (QED) is 0.182. The van der Waals surface area contributed by atoms with Gasteiger partial charge in [0.1, 0.15) is 17.4 Å². The highest BCUT2D eigenvalue weighted by Crippen LogP contribution is 2.56. The second-order valence-corrected chi connectivity index (χ2v) is 14.5. The van der Waals surface area contributed by atoms with Gasteiger partial charge < -0.3 is 18.9 Å². The van der Waals surface area contributed by atoms with Gasteiger partial charge in [0.05, 0.1) is 29.6 Å². The number of benzene rings is 7. The van der Waals surface area contributed by atoms with Crippen molar-refractivity contribution < 1.29 is 18.3 Å². The molecule has 7 aromatic carbocycles. The Balaban J connectivity index is 1.11. The highest BCUT2D eigenvalue weighted by atomic mass is 19.1. The Bertz CT molecular complexity index is 2810. The number of halogens is 2. The summed E-state index contributed by atoms with van der Waals surface area (Å²) < 4.78 is 46.3. The van der Waals surface area contributed by atoms with Crippen LogP contribution >= 0.6 is 0 Å². The van der Waals surface area contributed by atoms with Crippen LogP contribution in [0.15, 0.2) is 133 Å². The fourth-order valence-electron chi connectivity index (χ4n) is 9.18. The zero-order valence-electron chi connectivity index (χ0n) is 29.6. The summed E-state index contributed by atoms with van der Waals surface area (Å²) in [4.78, 5) is 2.33. The molecule has 1 atom stereocenters. The predicted octanol–water partition coefficient (Wildman–Crippen LogP) is 11.4. The van der Waals surface area contributed by atoms with Gasteiger partial charge in [-0.05, 0) is 95.4 Å². The topological polar surface area (TPSA) is 26.6 Å². The van der Waals surface area contributed by atoms with Crippen molar-refractivity contribution in [2.24, 2.45) is 0 Å². The van der Waals surface area contributed by atoms with Gasteiger partial charge in [0.15, 0.2) is 5.60 Å². The van der Waals surface area contributed by atoms with Crippen LogP contribution in [0.3, 0.4) is 0 Å². The normalized spacial score (nSPS) is 17.3. The van der Waals surface area contributed by atoms with Gasteiger partial charge >= 0.3 is 0 Å². The average molecular weight is 709 g/mol. The van der Waals surface area contributed by atoms with Crippen LogP contribution in [0, 0.1) is 18.6 Å². The molecule has 1 saturated heterocycles. The van der Waals surface area contributed by atoms with Gasteiger partial charge in [-0.15, -0.1) is 0 Å². The minimum atomic E-state index is -1.08. The molecule has 6 heteroatoms. The fraction of sp³-hybridized carbons (Fsp3) is 0.125. The van der Waals surface area contributed by atoms with Crippen molar-refractivity contribution in [2.45, 2.75) is 12.5 Å². The van der Waals surface area contributed by atoms with Crippen molar-refractivity contribution in [1.29, 1.82) is 0 Å². The lowest BCUT2D eigenvalue weighted by atomic mass is 9.81. The predicted molar refractivity (Wildman–Crippen MR) is 214 cm³/mol. The molecule has 3 aliphatic rings. The largest absolute Gasteiger partial charge is 0.472 e. The van der Waals surface area contributed by atoms with Crippen molar-refractivity contribution in [1.82, 2.24) is 4.57 Å². The zero-order valence-corrected chi connectivity index (χ0v) is 29.6. The second kappa shape index (κ2) is 11.6. The molecule has 4 nitrogen and oxygen atoms in total. The van der Waals surface area contributed by atoms with E-state index in [0.717, 1.165) is 85.4 Å². The number of anilines is 1. The summed E-state index contributed by atoms with van der Waals surface area (Å²) in [5.74, 6) is -0.193. The van der Waals surface area contributed by atoms with Gasteiger partial charge in [-0.1, -0.05) is 78.9 Å². The molecular weight excluding hydrogens is 675 g/mol. The Morgan fingerprint density at radius 2 is 1.26 bits per heavy atom. The molecule has 3 heterocycles. The van der Waals surface area contributed by atoms with E-state index in [0.29, 0.717) is 24.3 Å². The van der Waals surface area contributed by atoms with Crippen molar-refractivity contribution in [3.05, 3.63) is 167 Å². The molecule has 1 unspecified atom stereocenters. The van der Waals surface area contributed by atoms with Crippen LogP contribution in [-0.4, -0.2) is 30.9 Å². The Labute approximate surface area is 311 Å². The van der Waals surface area contributed by atoms with Crippen molar-refractivity contribution >= 4 is 44.3 Å². The van der Waals surface area contributed by atoms with Gasteiger partial charge in [0.25, 0.3) is 0 Å². The van der Waals surface area contributed by atoms with Crippen LogP contribution in [-0.2, 0) is 10.3 Å². The number of para-hydroxylation sites is 2. The lowest BCUT2D eigenvalue weighted by Gasteiger charge is -2.38. The maximum Gasteiger partial charge on any atom is 0.178 e. The van der Waals surface area contributed by atoms with Crippen molar-refractivity contribution in [2.75, 3.05) is 31.2 Å². The molecule has 8 aromatic rings. The first-order valence-electron chi connectivity index (χ1n) is 18.5. The monoisotopic (exact) mass is 708 g/mol. The second-order valence-electron chi connectivity index (χ2n) is 14.5. The summed E-state index contributed by atoms with van der Waals surface area (Å²) in [6.45, 7) is 5.09. The van der Waals surface area contributed by atoms with Gasteiger partial charge in [0.2, 0.25) is 0 Å². The standard InChI is InChI=1S/C48H34F2N2O2/c1-29-35-22-23-48(30-10-15-33(16-11-30)51-24-26-53-27-25-51,54-47(35)46-41(50)21-20-39-36-19-14-32(49)28-40(36)44(29)45(39)46)31-12-17-34(18-13-31)52-42-8-4-2-6-37(42)38-7-3-5-9-43(38)52/h2-23,28H,24-27H2,1H3. The lowest BCUT2D eigenvalue weighted by Crippen LogP contribution is -2.37. The number of morpholine rings is 1. The first-order chi connectivity index (χ1) is 26.5. The number of hydrogen-bond donors (Lipinski definition) is 0. The summed E-state index contributed by atoms with van der Waals surface area (Å²) in [6, 6.07) is 42.2. The molecule has 54 heavy (non-hydrogen) atoms. The molecule has 0 spiro atoms. The smallest absolute Gasteiger partial charge is 0.178 e. The molecule has 0 radical (unpaired) electrons. The van der Waals surface area contributed by atoms with E-state index >= 15 is 4.39 Å². The minimum Gasteiger partial charge on any atom is -0.472 e. The summed E-state index contributed by atoms with van der Waals surface area (Å²) >= 11 is 0. The van der Waals surface area contributed by atoms with E-state index in [1.54, 1.807) is 18.2 Å². The summed E-state index contributed by atoms with van der Waals surface area (Å²) in [7, 11) is 0. The van der Waals surface area contributed by atoms with E-state index in [-0.39, 0.29) is 11.6 Å². The van der Waals surface area contributed by atoms with Gasteiger partial charge in [-0.2, -0.15) is 0 Å². The van der Waals surface area contributed by atoms with E-state index in [1.807, 2.05) is 6.92 Å². The number of rotatable bonds is 4. The minimum absolute atomic E-state index is 0.317. The Kier molecular flexibility index (Phi) is 6.74. The van der Waals surface area contributed by atoms with E-state index < -0.39 is 5.60 Å². The van der Waals surface area contributed by atoms with Crippen LogP contribution in [0.4, 0.5) is 14.5 Å². The van der Waals surface area contributed by atoms with Crippen LogP contribution in [0.25, 0.3) is 66.6 Å². The first-order valence-corrected chi connectivity index (χ1v) is 18.5. The third-order valence-corrected chi connectivity index (χ3v) is 11.8. The van der Waals surface area contributed by atoms with E-state index in [4.69, 9.17) is 9.47 Å². The summed E-state index contributed by atoms with van der Waals surface area (Å²) in [5, 5.41) is 3.59. The summed E-state index contributed by atoms with van der Waals surface area (Å²) in [5.41, 5.74) is 10.4. The third-order valence-electron chi connectivity index (χ3n) is 11.8. The molecule has 2 aliphatic heterocycles. The lowest BCUT2D eigenvalue weighted by molar-refractivity contribution is 0.122. The zero-order chi connectivity index (χ0) is 36.1. The van der Waals surface area contributed by atoms with Gasteiger partial charge in [-0.3, -0.25) is 0 Å². The molecule has 1 aromatic heterocycles. The average Bonchev–Trinajstić information content (AvgIpc) is 3.73. The highest BCUT2D eigenvalue weighted by Gasteiger charge is 2.40. The number of ether oxygens (including phenoxy) is 2. The molecule has 1 aliphatic carbocycles. The molecule has 11 rings (SSSR count). The van der Waals surface area contributed by atoms with Crippen molar-refractivity contribution in [3.8, 4) is 33.7 Å². The first kappa shape index (κ1) is 31.3. The van der Waals surface area contributed by atoms with Gasteiger partial charge in [-0.25, -0.2) is 8.78 Å². The van der Waals surface area contributed by atoms with Crippen LogP contribution in [0.5, 0.6) is 5.75 Å². The maximum absolute atomic E-state index is 16.4. The van der Waals surface area contributed by atoms with E-state index in [1.165, 1.54) is 22.9 Å². The third kappa shape index (κ3) is 4.37. The van der Waals surface area contributed by atoms with Crippen molar-refractivity contribution in [3.63, 3.8) is 0 Å². The van der Waals surface area contributed by atoms with Gasteiger partial charge in [0, 0.05) is 57.3 Å². The fourth-order valence-corrected chi connectivity index (χ4v) is 9.18. The SMILES string of the molecule is Cc1c2c(c3c(F)ccc4c3c1-c1cc(F)ccc1-4)OC(c1ccc(N3CCOCC3)cc1)(c1ccc(-n3c4ccccc4c4ccccc43)cc1)C=C2. The Morgan fingerprint density at radius 3 is 1.94 bits per heavy atom. The van der Waals surface area contributed by atoms with E-state index in [2.05, 4.69) is 119 Å². The number of hydrogen-bond acceptors (Lipinski definition) is 3. The number of nitrogens with zero attached hydrogens (tertiary/aromatic N) is 2. The molecule has 0 saturated carbocycles. The molecule has 0 N–H and O–H groups in total. The van der Waals surface area contributed by atoms with Crippen LogP contribution in [0.1, 0.15) is 22.3 Å². The number of aromatic nitrogens is 1. The highest BCUT2D eigenvalue weighted by molar-refractivity contribution is 6.19. The maximum atomic E-state index is 16.4. The molecular formula is C48H34F2N2O2. The van der Waals surface area contributed by atoms with Crippen LogP contribution in [0.2, 0.25) is 0 Å². The number of fused-ring (bicyclic) bond motifs is 8. The van der Waals surface area contributed by atoms with E-state index in [9.17, 15) is 4.39 Å².